The van der Waals surface area contributed by atoms with E-state index < -0.39 is 36.3 Å². The van der Waals surface area contributed by atoms with Gasteiger partial charge >= 0.3 is 12.1 Å². The number of benzene rings is 2. The molecule has 2 heterocycles. The number of carboxylic acid groups (broad SMARTS) is 1. The third-order valence-corrected chi connectivity index (χ3v) is 6.40. The predicted molar refractivity (Wildman–Crippen MR) is 131 cm³/mol. The van der Waals surface area contributed by atoms with Crippen molar-refractivity contribution in [2.45, 2.75) is 39.3 Å². The molecule has 0 radical (unpaired) electrons. The van der Waals surface area contributed by atoms with Crippen LogP contribution in [0, 0.1) is 18.6 Å². The molecule has 3 aromatic rings. The molecule has 0 spiro atoms. The molecule has 0 saturated carbocycles. The lowest BCUT2D eigenvalue weighted by molar-refractivity contribution is -0.139. The largest absolute Gasteiger partial charge is 0.482 e. The average molecular weight is 534 g/mol. The molecule has 1 aromatic heterocycles. The van der Waals surface area contributed by atoms with Crippen molar-refractivity contribution in [3.63, 3.8) is 0 Å². The molecule has 37 heavy (non-hydrogen) atoms. The van der Waals surface area contributed by atoms with Gasteiger partial charge in [0.25, 0.3) is 0 Å². The topological polar surface area (TPSA) is 93.9 Å². The van der Waals surface area contributed by atoms with Gasteiger partial charge in [-0.25, -0.2) is 18.4 Å². The van der Waals surface area contributed by atoms with E-state index in [-0.39, 0.29) is 30.9 Å². The second-order valence-electron chi connectivity index (χ2n) is 8.60. The van der Waals surface area contributed by atoms with Gasteiger partial charge in [-0.1, -0.05) is 17.7 Å². The third-order valence-electron chi connectivity index (χ3n) is 6.16. The van der Waals surface area contributed by atoms with E-state index in [4.69, 9.17) is 26.2 Å². The number of amides is 1. The van der Waals surface area contributed by atoms with Crippen molar-refractivity contribution < 1.29 is 33.0 Å². The van der Waals surface area contributed by atoms with Gasteiger partial charge in [-0.3, -0.25) is 9.58 Å². The summed E-state index contributed by atoms with van der Waals surface area (Å²) in [4.78, 5) is 25.8. The van der Waals surface area contributed by atoms with Crippen LogP contribution in [0.25, 0.3) is 0 Å². The van der Waals surface area contributed by atoms with E-state index in [1.54, 1.807) is 0 Å². The Morgan fingerprint density at radius 2 is 1.97 bits per heavy atom. The fraction of sp³-hybridized carbons (Fsp3) is 0.346. The van der Waals surface area contributed by atoms with Crippen molar-refractivity contribution >= 4 is 23.7 Å². The van der Waals surface area contributed by atoms with Crippen LogP contribution < -0.4 is 4.74 Å². The molecule has 0 fully saturated rings. The number of rotatable bonds is 8. The number of fused-ring (bicyclic) bond motifs is 1. The van der Waals surface area contributed by atoms with Crippen molar-refractivity contribution in [1.82, 2.24) is 14.7 Å². The fourth-order valence-corrected chi connectivity index (χ4v) is 4.76. The molecule has 0 unspecified atom stereocenters. The van der Waals surface area contributed by atoms with Crippen molar-refractivity contribution in [2.24, 2.45) is 0 Å². The molecule has 1 N–H and O–H groups in total. The van der Waals surface area contributed by atoms with Crippen LogP contribution in [-0.2, 0) is 28.9 Å². The Hall–Kier alpha value is -3.66. The van der Waals surface area contributed by atoms with Gasteiger partial charge in [0.1, 0.15) is 5.75 Å². The number of halogens is 3. The number of aryl methyl sites for hydroxylation is 2. The molecule has 0 bridgehead atoms. The highest BCUT2D eigenvalue weighted by molar-refractivity contribution is 6.30. The molecule has 1 atom stereocenters. The number of carboxylic acids is 1. The van der Waals surface area contributed by atoms with Crippen LogP contribution in [0.3, 0.4) is 0 Å². The summed E-state index contributed by atoms with van der Waals surface area (Å²) >= 11 is 6.24. The van der Waals surface area contributed by atoms with Crippen LogP contribution in [0.2, 0.25) is 5.02 Å². The smallest absolute Gasteiger partial charge is 0.410 e. The Morgan fingerprint density at radius 3 is 2.70 bits per heavy atom. The molecule has 196 valence electrons. The molecule has 11 heteroatoms. The fourth-order valence-electron chi connectivity index (χ4n) is 4.58. The van der Waals surface area contributed by atoms with Gasteiger partial charge in [-0.05, 0) is 61.7 Å². The average Bonchev–Trinajstić information content (AvgIpc) is 3.23. The number of carbonyl (C=O) groups excluding carboxylic acids is 1. The van der Waals surface area contributed by atoms with E-state index in [1.807, 2.05) is 24.6 Å². The third kappa shape index (κ3) is 5.69. The maximum absolute atomic E-state index is 14.7. The minimum absolute atomic E-state index is 0.0355. The molecule has 1 amide bonds. The summed E-state index contributed by atoms with van der Waals surface area (Å²) in [6.45, 7) is 4.01. The quantitative estimate of drug-likeness (QED) is 0.441. The zero-order chi connectivity index (χ0) is 26.7. The highest BCUT2D eigenvalue weighted by Gasteiger charge is 2.37. The maximum Gasteiger partial charge on any atom is 0.410 e. The van der Waals surface area contributed by atoms with Crippen LogP contribution in [-0.4, -0.2) is 51.6 Å². The van der Waals surface area contributed by atoms with E-state index in [1.165, 1.54) is 29.2 Å². The molecule has 4 rings (SSSR count). The molecule has 0 aliphatic carbocycles. The summed E-state index contributed by atoms with van der Waals surface area (Å²) in [6, 6.07) is 7.88. The summed E-state index contributed by atoms with van der Waals surface area (Å²) < 4.78 is 41.7. The highest BCUT2D eigenvalue weighted by atomic mass is 35.5. The Balaban J connectivity index is 1.67. The predicted octanol–water partition coefficient (Wildman–Crippen LogP) is 4.93. The first kappa shape index (κ1) is 26.4. The highest BCUT2D eigenvalue weighted by Crippen LogP contribution is 2.41. The van der Waals surface area contributed by atoms with Crippen LogP contribution in [0.1, 0.15) is 41.0 Å². The van der Waals surface area contributed by atoms with Crippen molar-refractivity contribution in [1.29, 1.82) is 0 Å². The Bertz CT molecular complexity index is 1330. The minimum Gasteiger partial charge on any atom is -0.482 e. The van der Waals surface area contributed by atoms with E-state index in [0.29, 0.717) is 29.1 Å². The number of hydrogen-bond donors (Lipinski definition) is 1. The van der Waals surface area contributed by atoms with Gasteiger partial charge in [-0.2, -0.15) is 5.10 Å². The van der Waals surface area contributed by atoms with Gasteiger partial charge in [-0.15, -0.1) is 0 Å². The van der Waals surface area contributed by atoms with Crippen LogP contribution in [0.15, 0.2) is 36.4 Å². The monoisotopic (exact) mass is 533 g/mol. The molecule has 1 aliphatic rings. The van der Waals surface area contributed by atoms with Crippen LogP contribution in [0.4, 0.5) is 13.6 Å². The van der Waals surface area contributed by atoms with Crippen LogP contribution >= 0.6 is 11.6 Å². The lowest BCUT2D eigenvalue weighted by Gasteiger charge is -2.37. The van der Waals surface area contributed by atoms with Crippen molar-refractivity contribution in [2.75, 3.05) is 19.8 Å². The zero-order valence-corrected chi connectivity index (χ0v) is 21.1. The summed E-state index contributed by atoms with van der Waals surface area (Å²) in [5.41, 5.74) is 2.58. The number of ether oxygens (including phenoxy) is 2. The SMILES string of the molecule is CCn1nc(C)cc1CCOC(=O)N1CCc2c(ccc(F)c2F)[C@H]1c1cc(Cl)ccc1OCC(=O)O. The molecular formula is C26H26ClF2N3O5. The van der Waals surface area contributed by atoms with E-state index >= 15 is 0 Å². The summed E-state index contributed by atoms with van der Waals surface area (Å²) in [5, 5.41) is 13.8. The summed E-state index contributed by atoms with van der Waals surface area (Å²) in [6.07, 6.45) is -0.152. The maximum atomic E-state index is 14.7. The van der Waals surface area contributed by atoms with E-state index in [9.17, 15) is 18.4 Å². The Labute approximate surface area is 217 Å². The first-order valence-corrected chi connectivity index (χ1v) is 12.1. The lowest BCUT2D eigenvalue weighted by Crippen LogP contribution is -2.41. The number of aromatic nitrogens is 2. The Kier molecular flexibility index (Phi) is 7.97. The van der Waals surface area contributed by atoms with E-state index in [2.05, 4.69) is 5.10 Å². The molecule has 0 saturated heterocycles. The standard InChI is InChI=1S/C26H26ClF2N3O5/c1-3-32-17(12-15(2)30-32)9-11-36-26(35)31-10-8-18-19(5-6-21(28)24(18)29)25(31)20-13-16(27)4-7-22(20)37-14-23(33)34/h4-7,12-13,25H,3,8-11,14H2,1-2H3,(H,33,34)/t25-/m0/s1. The second-order valence-corrected chi connectivity index (χ2v) is 9.03. The molecule has 1 aliphatic heterocycles. The number of carbonyl (C=O) groups is 2. The van der Waals surface area contributed by atoms with Crippen molar-refractivity contribution in [3.8, 4) is 5.75 Å². The number of nitrogens with zero attached hydrogens (tertiary/aromatic N) is 3. The molecule has 2 aromatic carbocycles. The lowest BCUT2D eigenvalue weighted by atomic mass is 9.87. The summed E-state index contributed by atoms with van der Waals surface area (Å²) in [7, 11) is 0. The first-order chi connectivity index (χ1) is 17.7. The molecule has 8 nitrogen and oxygen atoms in total. The number of hydrogen-bond acceptors (Lipinski definition) is 5. The van der Waals surface area contributed by atoms with Crippen molar-refractivity contribution in [3.05, 3.63) is 81.1 Å². The Morgan fingerprint density at radius 1 is 1.19 bits per heavy atom. The van der Waals surface area contributed by atoms with Gasteiger partial charge in [0.05, 0.1) is 18.3 Å². The zero-order valence-electron chi connectivity index (χ0n) is 20.3. The van der Waals surface area contributed by atoms with Crippen LogP contribution in [0.5, 0.6) is 5.75 Å². The van der Waals surface area contributed by atoms with Gasteiger partial charge in [0, 0.05) is 35.8 Å². The van der Waals surface area contributed by atoms with Gasteiger partial charge < -0.3 is 14.6 Å². The minimum atomic E-state index is -1.20. The number of aliphatic carboxylic acids is 1. The van der Waals surface area contributed by atoms with Gasteiger partial charge in [0.2, 0.25) is 0 Å². The second kappa shape index (κ2) is 11.2. The molecular weight excluding hydrogens is 508 g/mol. The summed E-state index contributed by atoms with van der Waals surface area (Å²) in [5.74, 6) is -3.04. The van der Waals surface area contributed by atoms with E-state index in [0.717, 1.165) is 17.5 Å². The van der Waals surface area contributed by atoms with Gasteiger partial charge in [0.15, 0.2) is 18.2 Å². The first-order valence-electron chi connectivity index (χ1n) is 11.8. The normalized spacial score (nSPS) is 14.8.